The van der Waals surface area contributed by atoms with Crippen molar-refractivity contribution in [3.8, 4) is 0 Å². The van der Waals surface area contributed by atoms with Crippen molar-refractivity contribution in [2.75, 3.05) is 26.8 Å². The molecule has 1 aliphatic rings. The molecule has 1 aromatic carbocycles. The van der Waals surface area contributed by atoms with Gasteiger partial charge >= 0.3 is 0 Å². The van der Waals surface area contributed by atoms with Gasteiger partial charge in [0.25, 0.3) is 0 Å². The number of ether oxygens (including phenoxy) is 1. The lowest BCUT2D eigenvalue weighted by atomic mass is 9.90. The fourth-order valence-corrected chi connectivity index (χ4v) is 3.88. The minimum atomic E-state index is 0.739. The Hall–Kier alpha value is -1.65. The van der Waals surface area contributed by atoms with Gasteiger partial charge in [-0.1, -0.05) is 24.3 Å². The molecule has 1 fully saturated rings. The second-order valence-electron chi connectivity index (χ2n) is 7.28. The van der Waals surface area contributed by atoms with Crippen molar-refractivity contribution in [3.05, 3.63) is 53.6 Å². The predicted molar refractivity (Wildman–Crippen MR) is 102 cm³/mol. The van der Waals surface area contributed by atoms with Crippen molar-refractivity contribution in [3.63, 3.8) is 0 Å². The first-order valence-corrected chi connectivity index (χ1v) is 9.51. The van der Waals surface area contributed by atoms with Crippen molar-refractivity contribution >= 4 is 0 Å². The van der Waals surface area contributed by atoms with Crippen LogP contribution in [0.2, 0.25) is 0 Å². The molecule has 136 valence electrons. The number of methoxy groups -OCH3 is 1. The van der Waals surface area contributed by atoms with E-state index in [2.05, 4.69) is 45.6 Å². The highest BCUT2D eigenvalue weighted by atomic mass is 16.5. The van der Waals surface area contributed by atoms with E-state index in [0.29, 0.717) is 0 Å². The minimum Gasteiger partial charge on any atom is -0.383 e. The Morgan fingerprint density at radius 1 is 1.28 bits per heavy atom. The van der Waals surface area contributed by atoms with Gasteiger partial charge in [-0.15, -0.1) is 0 Å². The monoisotopic (exact) mass is 341 g/mol. The second kappa shape index (κ2) is 9.16. The van der Waals surface area contributed by atoms with Gasteiger partial charge in [0.05, 0.1) is 18.6 Å². The van der Waals surface area contributed by atoms with E-state index in [4.69, 9.17) is 4.74 Å². The average Bonchev–Trinajstić information content (AvgIpc) is 3.06. The van der Waals surface area contributed by atoms with E-state index < -0.39 is 0 Å². The smallest absolute Gasteiger partial charge is 0.0949 e. The molecule has 1 aliphatic heterocycles. The number of hydrogen-bond donors (Lipinski definition) is 0. The van der Waals surface area contributed by atoms with Gasteiger partial charge in [-0.25, -0.2) is 4.98 Å². The summed E-state index contributed by atoms with van der Waals surface area (Å²) in [5.41, 5.74) is 4.24. The van der Waals surface area contributed by atoms with Gasteiger partial charge in [0.2, 0.25) is 0 Å². The van der Waals surface area contributed by atoms with E-state index in [1.807, 2.05) is 12.5 Å². The fourth-order valence-electron chi connectivity index (χ4n) is 3.88. The average molecular weight is 341 g/mol. The lowest BCUT2D eigenvalue weighted by Crippen LogP contribution is -2.35. The first-order chi connectivity index (χ1) is 12.3. The summed E-state index contributed by atoms with van der Waals surface area (Å²) in [5, 5.41) is 0. The number of hydrogen-bond acceptors (Lipinski definition) is 3. The first-order valence-electron chi connectivity index (χ1n) is 9.51. The Morgan fingerprint density at radius 2 is 2.16 bits per heavy atom. The maximum absolute atomic E-state index is 5.20. The van der Waals surface area contributed by atoms with E-state index in [9.17, 15) is 0 Å². The summed E-state index contributed by atoms with van der Waals surface area (Å²) in [7, 11) is 1.75. The van der Waals surface area contributed by atoms with Gasteiger partial charge in [0.1, 0.15) is 0 Å². The zero-order valence-electron chi connectivity index (χ0n) is 15.7. The maximum atomic E-state index is 5.20. The van der Waals surface area contributed by atoms with E-state index in [-0.39, 0.29) is 0 Å². The van der Waals surface area contributed by atoms with Crippen LogP contribution in [-0.2, 0) is 24.2 Å². The van der Waals surface area contributed by atoms with Gasteiger partial charge < -0.3 is 9.30 Å². The summed E-state index contributed by atoms with van der Waals surface area (Å²) >= 11 is 0. The molecule has 2 heterocycles. The molecule has 25 heavy (non-hydrogen) atoms. The van der Waals surface area contributed by atoms with E-state index in [0.717, 1.165) is 25.6 Å². The molecule has 0 saturated carbocycles. The van der Waals surface area contributed by atoms with Crippen LogP contribution in [0.15, 0.2) is 36.8 Å². The van der Waals surface area contributed by atoms with Crippen LogP contribution in [0, 0.1) is 12.8 Å². The number of rotatable bonds is 8. The van der Waals surface area contributed by atoms with Crippen LogP contribution in [0.3, 0.4) is 0 Å². The van der Waals surface area contributed by atoms with Gasteiger partial charge in [-0.3, -0.25) is 4.90 Å². The Bertz CT molecular complexity index is 652. The summed E-state index contributed by atoms with van der Waals surface area (Å²) in [4.78, 5) is 6.93. The topological polar surface area (TPSA) is 30.3 Å². The maximum Gasteiger partial charge on any atom is 0.0949 e. The Balaban J connectivity index is 1.51. The highest BCUT2D eigenvalue weighted by molar-refractivity contribution is 5.25. The lowest BCUT2D eigenvalue weighted by Gasteiger charge is -2.33. The molecule has 1 atom stereocenters. The molecule has 0 spiro atoms. The number of aromatic nitrogens is 2. The third-order valence-corrected chi connectivity index (χ3v) is 5.41. The molecule has 3 rings (SSSR count). The lowest BCUT2D eigenvalue weighted by molar-refractivity contribution is 0.155. The highest BCUT2D eigenvalue weighted by Crippen LogP contribution is 2.23. The Morgan fingerprint density at radius 3 is 3.00 bits per heavy atom. The second-order valence-corrected chi connectivity index (χ2v) is 7.28. The predicted octanol–water partition coefficient (Wildman–Crippen LogP) is 3.68. The number of nitrogens with zero attached hydrogens (tertiary/aromatic N) is 3. The van der Waals surface area contributed by atoms with Crippen molar-refractivity contribution in [2.24, 2.45) is 5.92 Å². The SMILES string of the molecule is COCCn1cncc1CN1CCC[C@@H](CCc2ccccc2C)C1. The zero-order valence-corrected chi connectivity index (χ0v) is 15.7. The molecule has 0 radical (unpaired) electrons. The summed E-state index contributed by atoms with van der Waals surface area (Å²) in [6, 6.07) is 8.80. The molecule has 4 nitrogen and oxygen atoms in total. The third-order valence-electron chi connectivity index (χ3n) is 5.41. The molecule has 0 N–H and O–H groups in total. The first kappa shape index (κ1) is 18.2. The normalized spacial score (nSPS) is 18.6. The molecule has 1 aromatic heterocycles. The van der Waals surface area contributed by atoms with Crippen LogP contribution in [0.4, 0.5) is 0 Å². The molecular formula is C21H31N3O. The molecule has 2 aromatic rings. The van der Waals surface area contributed by atoms with Crippen molar-refractivity contribution in [1.82, 2.24) is 14.5 Å². The summed E-state index contributed by atoms with van der Waals surface area (Å²) in [5.74, 6) is 0.809. The van der Waals surface area contributed by atoms with Crippen molar-refractivity contribution < 1.29 is 4.74 Å². The van der Waals surface area contributed by atoms with Crippen LogP contribution >= 0.6 is 0 Å². The fraction of sp³-hybridized carbons (Fsp3) is 0.571. The van der Waals surface area contributed by atoms with Gasteiger partial charge in [-0.2, -0.15) is 0 Å². The van der Waals surface area contributed by atoms with E-state index in [1.54, 1.807) is 7.11 Å². The van der Waals surface area contributed by atoms with Gasteiger partial charge in [-0.05, 0) is 56.2 Å². The molecule has 0 aliphatic carbocycles. The minimum absolute atomic E-state index is 0.739. The van der Waals surface area contributed by atoms with E-state index >= 15 is 0 Å². The number of piperidine rings is 1. The van der Waals surface area contributed by atoms with Gasteiger partial charge in [0, 0.05) is 32.9 Å². The third kappa shape index (κ3) is 5.16. The van der Waals surface area contributed by atoms with Gasteiger partial charge in [0.15, 0.2) is 0 Å². The standard InChI is InChI=1S/C21H31N3O/c1-18-6-3-4-8-20(18)10-9-19-7-5-11-23(15-19)16-21-14-22-17-24(21)12-13-25-2/h3-4,6,8,14,17,19H,5,7,9-13,15-16H2,1-2H3/t19-/m0/s1. The van der Waals surface area contributed by atoms with Crippen LogP contribution in [0.5, 0.6) is 0 Å². The van der Waals surface area contributed by atoms with Crippen molar-refractivity contribution in [2.45, 2.75) is 45.7 Å². The molecule has 4 heteroatoms. The van der Waals surface area contributed by atoms with Crippen LogP contribution in [0.25, 0.3) is 0 Å². The van der Waals surface area contributed by atoms with Crippen molar-refractivity contribution in [1.29, 1.82) is 0 Å². The Labute approximate surface area is 151 Å². The van der Waals surface area contributed by atoms with E-state index in [1.165, 1.54) is 55.6 Å². The molecular weight excluding hydrogens is 310 g/mol. The number of aryl methyl sites for hydroxylation is 2. The van der Waals surface area contributed by atoms with Crippen LogP contribution in [-0.4, -0.2) is 41.3 Å². The summed E-state index contributed by atoms with van der Waals surface area (Å²) in [6.07, 6.45) is 9.11. The Kier molecular flexibility index (Phi) is 6.65. The molecule has 1 saturated heterocycles. The number of benzene rings is 1. The zero-order chi connectivity index (χ0) is 17.5. The highest BCUT2D eigenvalue weighted by Gasteiger charge is 2.21. The quantitative estimate of drug-likeness (QED) is 0.734. The van der Waals surface area contributed by atoms with Crippen LogP contribution < -0.4 is 0 Å². The van der Waals surface area contributed by atoms with Crippen LogP contribution in [0.1, 0.15) is 36.1 Å². The molecule has 0 amide bonds. The molecule has 0 bridgehead atoms. The molecule has 0 unspecified atom stereocenters. The summed E-state index contributed by atoms with van der Waals surface area (Å²) in [6.45, 7) is 7.27. The largest absolute Gasteiger partial charge is 0.383 e. The number of likely N-dealkylation sites (tertiary alicyclic amines) is 1. The summed E-state index contributed by atoms with van der Waals surface area (Å²) < 4.78 is 7.42. The number of imidazole rings is 1.